The molecule has 0 spiro atoms. The molecule has 0 saturated carbocycles. The van der Waals surface area contributed by atoms with Crippen LogP contribution in [0.15, 0.2) is 47.5 Å². The zero-order chi connectivity index (χ0) is 18.8. The van der Waals surface area contributed by atoms with Gasteiger partial charge in [0.2, 0.25) is 5.96 Å². The summed E-state index contributed by atoms with van der Waals surface area (Å²) in [5.41, 5.74) is 1.19. The Labute approximate surface area is 151 Å². The Balaban J connectivity index is 0.000000333. The number of hydrogen-bond acceptors (Lipinski definition) is 3. The summed E-state index contributed by atoms with van der Waals surface area (Å²) in [5, 5.41) is 15.6. The summed E-state index contributed by atoms with van der Waals surface area (Å²) in [6, 6.07) is 10.8. The molecule has 0 radical (unpaired) electrons. The number of carbonyl (C=O) groups is 2. The number of carboxylic acid groups (broad SMARTS) is 2. The van der Waals surface area contributed by atoms with Crippen LogP contribution in [-0.2, 0) is 9.59 Å². The van der Waals surface area contributed by atoms with E-state index in [1.807, 2.05) is 13.1 Å². The van der Waals surface area contributed by atoms with Crippen LogP contribution >= 0.6 is 11.6 Å². The summed E-state index contributed by atoms with van der Waals surface area (Å²) in [4.78, 5) is 28.0. The summed E-state index contributed by atoms with van der Waals surface area (Å²) in [6.45, 7) is 0.980. The molecule has 2 rings (SSSR count). The summed E-state index contributed by atoms with van der Waals surface area (Å²) in [7, 11) is 3.91. The zero-order valence-electron chi connectivity index (χ0n) is 14.2. The monoisotopic (exact) mass is 367 g/mol. The van der Waals surface area contributed by atoms with E-state index in [9.17, 15) is 9.59 Å². The first kappa shape index (κ1) is 20.5. The highest BCUT2D eigenvalue weighted by molar-refractivity contribution is 6.18. The maximum atomic E-state index is 9.55. The second-order valence-electron chi connectivity index (χ2n) is 5.25. The van der Waals surface area contributed by atoms with E-state index < -0.39 is 11.9 Å². The molecule has 8 heteroatoms. The fourth-order valence-corrected chi connectivity index (χ4v) is 2.76. The lowest BCUT2D eigenvalue weighted by molar-refractivity contribution is -0.134. The molecular weight excluding hydrogens is 346 g/mol. The molecule has 7 nitrogen and oxygen atoms in total. The number of likely N-dealkylation sites (N-methyl/N-ethyl adjacent to an activating group) is 1. The third-order valence-corrected chi connectivity index (χ3v) is 3.67. The smallest absolute Gasteiger partial charge is 0.328 e. The van der Waals surface area contributed by atoms with Gasteiger partial charge >= 0.3 is 11.9 Å². The van der Waals surface area contributed by atoms with Gasteiger partial charge < -0.3 is 20.0 Å². The van der Waals surface area contributed by atoms with Gasteiger partial charge in [-0.25, -0.2) is 9.59 Å². The number of benzene rings is 1. The van der Waals surface area contributed by atoms with Crippen molar-refractivity contribution in [1.82, 2.24) is 4.90 Å². The van der Waals surface area contributed by atoms with Crippen LogP contribution in [0.5, 0.6) is 0 Å². The van der Waals surface area contributed by atoms with Crippen molar-refractivity contribution in [1.29, 1.82) is 0 Å². The quantitative estimate of drug-likeness (QED) is 0.611. The van der Waals surface area contributed by atoms with E-state index in [1.165, 1.54) is 5.69 Å². The maximum Gasteiger partial charge on any atom is 0.328 e. The van der Waals surface area contributed by atoms with Crippen LogP contribution in [0.4, 0.5) is 5.69 Å². The first-order valence-electron chi connectivity index (χ1n) is 7.62. The molecule has 1 saturated heterocycles. The molecule has 1 fully saturated rings. The van der Waals surface area contributed by atoms with E-state index in [2.05, 4.69) is 46.1 Å². The fraction of sp³-hybridized carbons (Fsp3) is 0.353. The summed E-state index contributed by atoms with van der Waals surface area (Å²) in [5.74, 6) is -0.815. The number of nitrogens with zero attached hydrogens (tertiary/aromatic N) is 3. The Kier molecular flexibility index (Phi) is 8.49. The van der Waals surface area contributed by atoms with Crippen molar-refractivity contribution in [3.8, 4) is 0 Å². The lowest BCUT2D eigenvalue weighted by atomic mass is 10.2. The molecule has 1 heterocycles. The van der Waals surface area contributed by atoms with E-state index in [0.717, 1.165) is 18.9 Å². The molecule has 1 aliphatic rings. The number of alkyl halides is 1. The molecule has 0 bridgehead atoms. The number of rotatable bonds is 5. The normalized spacial score (nSPS) is 18.4. The number of halogens is 1. The van der Waals surface area contributed by atoms with Crippen molar-refractivity contribution >= 4 is 35.2 Å². The maximum absolute atomic E-state index is 9.55. The minimum atomic E-state index is -1.26. The average Bonchev–Trinajstić information content (AvgIpc) is 2.90. The largest absolute Gasteiger partial charge is 0.478 e. The van der Waals surface area contributed by atoms with Gasteiger partial charge in [0.25, 0.3) is 0 Å². The first-order valence-corrected chi connectivity index (χ1v) is 8.16. The van der Waals surface area contributed by atoms with Gasteiger partial charge in [0.1, 0.15) is 0 Å². The van der Waals surface area contributed by atoms with Crippen molar-refractivity contribution in [3.63, 3.8) is 0 Å². The van der Waals surface area contributed by atoms with Crippen LogP contribution in [0.1, 0.15) is 6.42 Å². The van der Waals surface area contributed by atoms with E-state index in [4.69, 9.17) is 21.8 Å². The third-order valence-electron chi connectivity index (χ3n) is 3.45. The Morgan fingerprint density at radius 1 is 1.24 bits per heavy atom. The molecule has 0 aliphatic carbocycles. The molecule has 1 unspecified atom stereocenters. The van der Waals surface area contributed by atoms with Crippen molar-refractivity contribution in [2.24, 2.45) is 4.99 Å². The van der Waals surface area contributed by atoms with Gasteiger partial charge in [-0.15, -0.1) is 11.6 Å². The lowest BCUT2D eigenvalue weighted by Gasteiger charge is -2.25. The van der Waals surface area contributed by atoms with E-state index in [-0.39, 0.29) is 0 Å². The Morgan fingerprint density at radius 2 is 1.80 bits per heavy atom. The minimum absolute atomic E-state index is 0.415. The number of anilines is 1. The van der Waals surface area contributed by atoms with Crippen molar-refractivity contribution in [2.75, 3.05) is 31.4 Å². The summed E-state index contributed by atoms with van der Waals surface area (Å²) < 4.78 is 0. The van der Waals surface area contributed by atoms with Gasteiger partial charge in [-0.1, -0.05) is 18.2 Å². The van der Waals surface area contributed by atoms with Gasteiger partial charge in [0, 0.05) is 44.4 Å². The van der Waals surface area contributed by atoms with Crippen LogP contribution in [-0.4, -0.2) is 65.6 Å². The number of carboxylic acids is 2. The number of hydrogen-bond donors (Lipinski definition) is 2. The molecule has 1 aromatic rings. The average molecular weight is 368 g/mol. The lowest BCUT2D eigenvalue weighted by Crippen LogP contribution is -2.35. The predicted molar refractivity (Wildman–Crippen MR) is 98.4 cm³/mol. The molecule has 1 aliphatic heterocycles. The predicted octanol–water partition coefficient (Wildman–Crippen LogP) is 2.13. The SMILES string of the molecule is CN=C1N(C)CC(CCCl)N1c1ccccc1.O=C(O)/C=C/C(=O)O. The van der Waals surface area contributed by atoms with Gasteiger partial charge in [-0.05, 0) is 18.6 Å². The Morgan fingerprint density at radius 3 is 2.24 bits per heavy atom. The van der Waals surface area contributed by atoms with E-state index in [1.54, 1.807) is 0 Å². The Bertz CT molecular complexity index is 618. The van der Waals surface area contributed by atoms with E-state index in [0.29, 0.717) is 24.1 Å². The first-order chi connectivity index (χ1) is 11.9. The highest BCUT2D eigenvalue weighted by atomic mass is 35.5. The van der Waals surface area contributed by atoms with Crippen molar-refractivity contribution in [3.05, 3.63) is 42.5 Å². The Hall–Kier alpha value is -2.54. The van der Waals surface area contributed by atoms with Gasteiger partial charge in [0.15, 0.2) is 0 Å². The molecule has 136 valence electrons. The highest BCUT2D eigenvalue weighted by Crippen LogP contribution is 2.25. The van der Waals surface area contributed by atoms with Crippen LogP contribution in [0.3, 0.4) is 0 Å². The molecule has 25 heavy (non-hydrogen) atoms. The molecule has 0 aromatic heterocycles. The number of para-hydroxylation sites is 1. The number of aliphatic imine (C=N–C) groups is 1. The minimum Gasteiger partial charge on any atom is -0.478 e. The number of guanidine groups is 1. The summed E-state index contributed by atoms with van der Waals surface area (Å²) in [6.07, 6.45) is 2.09. The van der Waals surface area contributed by atoms with Gasteiger partial charge in [-0.2, -0.15) is 0 Å². The van der Waals surface area contributed by atoms with Gasteiger partial charge in [-0.3, -0.25) is 4.99 Å². The second-order valence-corrected chi connectivity index (χ2v) is 5.63. The van der Waals surface area contributed by atoms with Crippen molar-refractivity contribution < 1.29 is 19.8 Å². The second kappa shape index (κ2) is 10.4. The van der Waals surface area contributed by atoms with Crippen LogP contribution in [0.2, 0.25) is 0 Å². The molecule has 2 N–H and O–H groups in total. The van der Waals surface area contributed by atoms with Crippen LogP contribution in [0, 0.1) is 0 Å². The molecule has 1 atom stereocenters. The fourth-order valence-electron chi connectivity index (χ4n) is 2.51. The van der Waals surface area contributed by atoms with Crippen molar-refractivity contribution in [2.45, 2.75) is 12.5 Å². The third kappa shape index (κ3) is 6.46. The highest BCUT2D eigenvalue weighted by Gasteiger charge is 2.33. The standard InChI is InChI=1S/C13H18ClN3.C4H4O4/c1-15-13-16(2)10-12(8-9-14)17(13)11-6-4-3-5-7-11;5-3(6)1-2-4(7)8/h3-7,12H,8-10H2,1-2H3;1-2H,(H,5,6)(H,7,8)/b;2-1+. The zero-order valence-corrected chi connectivity index (χ0v) is 14.9. The number of aliphatic carboxylic acids is 2. The van der Waals surface area contributed by atoms with Crippen LogP contribution in [0.25, 0.3) is 0 Å². The van der Waals surface area contributed by atoms with Crippen LogP contribution < -0.4 is 4.90 Å². The van der Waals surface area contributed by atoms with E-state index >= 15 is 0 Å². The topological polar surface area (TPSA) is 93.4 Å². The molecular formula is C17H22ClN3O4. The molecule has 0 amide bonds. The van der Waals surface area contributed by atoms with Gasteiger partial charge in [0.05, 0.1) is 6.04 Å². The summed E-state index contributed by atoms with van der Waals surface area (Å²) >= 11 is 5.89. The molecule has 1 aromatic carbocycles.